The lowest BCUT2D eigenvalue weighted by molar-refractivity contribution is -0.134. The Bertz CT molecular complexity index is 638. The zero-order chi connectivity index (χ0) is 18.9. The summed E-state index contributed by atoms with van der Waals surface area (Å²) in [6.45, 7) is 6.48. The molecule has 7 heteroatoms. The molecule has 1 amide bonds. The maximum Gasteiger partial charge on any atom is 0.224 e. The quantitative estimate of drug-likeness (QED) is 0.268. The van der Waals surface area contributed by atoms with Gasteiger partial charge in [0.2, 0.25) is 5.91 Å². The second kappa shape index (κ2) is 12.5. The van der Waals surface area contributed by atoms with Crippen LogP contribution in [0.3, 0.4) is 0 Å². The highest BCUT2D eigenvalue weighted by Crippen LogP contribution is 2.21. The number of likely N-dealkylation sites (tertiary alicyclic amines) is 1. The summed E-state index contributed by atoms with van der Waals surface area (Å²) in [5.74, 6) is 0.973. The van der Waals surface area contributed by atoms with Gasteiger partial charge in [-0.1, -0.05) is 12.1 Å². The fourth-order valence-electron chi connectivity index (χ4n) is 3.30. The first-order valence-corrected chi connectivity index (χ1v) is 10.6. The van der Waals surface area contributed by atoms with E-state index in [-0.39, 0.29) is 29.9 Å². The molecule has 1 atom stereocenters. The van der Waals surface area contributed by atoms with Crippen LogP contribution in [0, 0.1) is 6.92 Å². The van der Waals surface area contributed by atoms with Gasteiger partial charge in [-0.2, -0.15) is 0 Å². The van der Waals surface area contributed by atoms with Crippen LogP contribution in [0.2, 0.25) is 0 Å². The van der Waals surface area contributed by atoms with Crippen molar-refractivity contribution in [3.05, 3.63) is 29.3 Å². The first kappa shape index (κ1) is 24.1. The van der Waals surface area contributed by atoms with Gasteiger partial charge in [0.1, 0.15) is 0 Å². The number of guanidine groups is 1. The van der Waals surface area contributed by atoms with Gasteiger partial charge in [0.15, 0.2) is 5.96 Å². The summed E-state index contributed by atoms with van der Waals surface area (Å²) in [5, 5.41) is 6.60. The second-order valence-corrected chi connectivity index (χ2v) is 7.70. The summed E-state index contributed by atoms with van der Waals surface area (Å²) in [5.41, 5.74) is 2.52. The summed E-state index contributed by atoms with van der Waals surface area (Å²) in [6, 6.07) is 6.87. The molecule has 1 aromatic carbocycles. The number of nitrogens with zero attached hydrogens (tertiary/aromatic N) is 2. The SMILES string of the molecule is CN=C(NCCC(=O)N1CCCCC1C)NCc1ccc(C)cc1SC.I. The molecule has 0 aromatic heterocycles. The van der Waals surface area contributed by atoms with Crippen LogP contribution in [0.5, 0.6) is 0 Å². The molecule has 1 saturated heterocycles. The number of benzene rings is 1. The van der Waals surface area contributed by atoms with E-state index in [0.717, 1.165) is 25.3 Å². The standard InChI is InChI=1S/C20H32N4OS.HI/c1-15-8-9-17(18(13-15)26-4)14-23-20(21-3)22-11-10-19(25)24-12-6-5-7-16(24)2;/h8-9,13,16H,5-7,10-12,14H2,1-4H3,(H2,21,22,23);1H. The Kier molecular flexibility index (Phi) is 11.1. The van der Waals surface area contributed by atoms with Crippen molar-refractivity contribution < 1.29 is 4.79 Å². The molecule has 1 heterocycles. The van der Waals surface area contributed by atoms with Crippen molar-refractivity contribution in [2.45, 2.75) is 57.0 Å². The highest BCUT2D eigenvalue weighted by atomic mass is 127. The molecule has 1 fully saturated rings. The monoisotopic (exact) mass is 504 g/mol. The molecule has 152 valence electrons. The number of aliphatic imine (C=N–C) groups is 1. The Hall–Kier alpha value is -0.960. The second-order valence-electron chi connectivity index (χ2n) is 6.85. The zero-order valence-electron chi connectivity index (χ0n) is 16.9. The van der Waals surface area contributed by atoms with Crippen LogP contribution in [0.25, 0.3) is 0 Å². The maximum absolute atomic E-state index is 12.4. The fourth-order valence-corrected chi connectivity index (χ4v) is 4.00. The van der Waals surface area contributed by atoms with Gasteiger partial charge in [0.05, 0.1) is 0 Å². The average Bonchev–Trinajstić information content (AvgIpc) is 2.65. The van der Waals surface area contributed by atoms with Crippen molar-refractivity contribution in [3.63, 3.8) is 0 Å². The molecule has 27 heavy (non-hydrogen) atoms. The van der Waals surface area contributed by atoms with Crippen LogP contribution in [-0.2, 0) is 11.3 Å². The normalized spacial score (nSPS) is 17.3. The van der Waals surface area contributed by atoms with Gasteiger partial charge < -0.3 is 15.5 Å². The molecule has 0 bridgehead atoms. The Morgan fingerprint density at radius 1 is 1.33 bits per heavy atom. The summed E-state index contributed by atoms with van der Waals surface area (Å²) < 4.78 is 0. The van der Waals surface area contributed by atoms with Crippen LogP contribution in [0.4, 0.5) is 0 Å². The van der Waals surface area contributed by atoms with E-state index in [1.165, 1.54) is 22.4 Å². The lowest BCUT2D eigenvalue weighted by Gasteiger charge is -2.33. The van der Waals surface area contributed by atoms with Crippen molar-refractivity contribution in [2.24, 2.45) is 4.99 Å². The van der Waals surface area contributed by atoms with Crippen LogP contribution < -0.4 is 10.6 Å². The zero-order valence-corrected chi connectivity index (χ0v) is 20.0. The molecule has 0 radical (unpaired) electrons. The number of nitrogens with one attached hydrogen (secondary N) is 2. The Labute approximate surface area is 185 Å². The molecule has 0 spiro atoms. The predicted octanol–water partition coefficient (Wildman–Crippen LogP) is 3.79. The Morgan fingerprint density at radius 3 is 2.78 bits per heavy atom. The van der Waals surface area contributed by atoms with E-state index < -0.39 is 0 Å². The Morgan fingerprint density at radius 2 is 2.11 bits per heavy atom. The van der Waals surface area contributed by atoms with E-state index in [4.69, 9.17) is 0 Å². The molecule has 5 nitrogen and oxygen atoms in total. The number of hydrogen-bond acceptors (Lipinski definition) is 3. The van der Waals surface area contributed by atoms with Gasteiger partial charge in [0.25, 0.3) is 0 Å². The summed E-state index contributed by atoms with van der Waals surface area (Å²) in [7, 11) is 1.76. The van der Waals surface area contributed by atoms with E-state index in [2.05, 4.69) is 53.9 Å². The lowest BCUT2D eigenvalue weighted by Crippen LogP contribution is -2.44. The largest absolute Gasteiger partial charge is 0.356 e. The number of thioether (sulfide) groups is 1. The van der Waals surface area contributed by atoms with Crippen LogP contribution in [0.15, 0.2) is 28.1 Å². The highest BCUT2D eigenvalue weighted by molar-refractivity contribution is 14.0. The van der Waals surface area contributed by atoms with E-state index in [1.807, 2.05) is 4.90 Å². The van der Waals surface area contributed by atoms with Crippen molar-refractivity contribution in [3.8, 4) is 0 Å². The number of halogens is 1. The first-order chi connectivity index (χ1) is 12.5. The molecule has 1 aliphatic heterocycles. The number of amides is 1. The number of piperidine rings is 1. The molecule has 1 aromatic rings. The van der Waals surface area contributed by atoms with Crippen molar-refractivity contribution in [1.82, 2.24) is 15.5 Å². The maximum atomic E-state index is 12.4. The highest BCUT2D eigenvalue weighted by Gasteiger charge is 2.22. The number of carbonyl (C=O) groups excluding carboxylic acids is 1. The molecule has 0 saturated carbocycles. The van der Waals surface area contributed by atoms with Gasteiger partial charge in [-0.05, 0) is 56.6 Å². The third kappa shape index (κ3) is 7.52. The minimum atomic E-state index is 0. The fraction of sp³-hybridized carbons (Fsp3) is 0.600. The minimum absolute atomic E-state index is 0. The topological polar surface area (TPSA) is 56.7 Å². The van der Waals surface area contributed by atoms with E-state index in [1.54, 1.807) is 18.8 Å². The summed E-state index contributed by atoms with van der Waals surface area (Å²) in [6.07, 6.45) is 6.08. The predicted molar refractivity (Wildman–Crippen MR) is 126 cm³/mol. The molecular formula is C20H33IN4OS. The molecule has 2 rings (SSSR count). The Balaban J connectivity index is 0.00000364. The van der Waals surface area contributed by atoms with E-state index >= 15 is 0 Å². The van der Waals surface area contributed by atoms with Crippen LogP contribution >= 0.6 is 35.7 Å². The van der Waals surface area contributed by atoms with E-state index in [9.17, 15) is 4.79 Å². The molecule has 0 aliphatic carbocycles. The van der Waals surface area contributed by atoms with Gasteiger partial charge in [0, 0.05) is 44.0 Å². The number of aryl methyl sites for hydroxylation is 1. The summed E-state index contributed by atoms with van der Waals surface area (Å²) in [4.78, 5) is 20.0. The molecule has 1 unspecified atom stereocenters. The van der Waals surface area contributed by atoms with Gasteiger partial charge in [-0.3, -0.25) is 9.79 Å². The molecule has 2 N–H and O–H groups in total. The third-order valence-electron chi connectivity index (χ3n) is 4.87. The third-order valence-corrected chi connectivity index (χ3v) is 5.69. The number of carbonyl (C=O) groups is 1. The van der Waals surface area contributed by atoms with Gasteiger partial charge >= 0.3 is 0 Å². The van der Waals surface area contributed by atoms with E-state index in [0.29, 0.717) is 25.6 Å². The van der Waals surface area contributed by atoms with Crippen molar-refractivity contribution >= 4 is 47.6 Å². The van der Waals surface area contributed by atoms with Gasteiger partial charge in [-0.15, -0.1) is 35.7 Å². The number of rotatable bonds is 6. The smallest absolute Gasteiger partial charge is 0.224 e. The molecule has 1 aliphatic rings. The number of hydrogen-bond donors (Lipinski definition) is 2. The first-order valence-electron chi connectivity index (χ1n) is 9.42. The van der Waals surface area contributed by atoms with Crippen molar-refractivity contribution in [2.75, 3.05) is 26.4 Å². The van der Waals surface area contributed by atoms with Crippen LogP contribution in [-0.4, -0.2) is 49.2 Å². The minimum Gasteiger partial charge on any atom is -0.356 e. The molecular weight excluding hydrogens is 471 g/mol. The van der Waals surface area contributed by atoms with Crippen LogP contribution in [0.1, 0.15) is 43.7 Å². The van der Waals surface area contributed by atoms with Gasteiger partial charge in [-0.25, -0.2) is 0 Å². The lowest BCUT2D eigenvalue weighted by atomic mass is 10.0. The summed E-state index contributed by atoms with van der Waals surface area (Å²) >= 11 is 1.76. The van der Waals surface area contributed by atoms with Crippen molar-refractivity contribution in [1.29, 1.82) is 0 Å². The average molecular weight is 504 g/mol.